The van der Waals surface area contributed by atoms with Crippen LogP contribution in [0.2, 0.25) is 0 Å². The molecule has 5 nitrogen and oxygen atoms in total. The van der Waals surface area contributed by atoms with Crippen LogP contribution < -0.4 is 10.6 Å². The molecule has 1 saturated carbocycles. The lowest BCUT2D eigenvalue weighted by molar-refractivity contribution is 0.0946. The van der Waals surface area contributed by atoms with Crippen molar-refractivity contribution in [1.29, 1.82) is 0 Å². The molecular formula is C13H21N3O2. The van der Waals surface area contributed by atoms with Crippen LogP contribution in [0.1, 0.15) is 55.3 Å². The fourth-order valence-corrected chi connectivity index (χ4v) is 2.31. The zero-order chi connectivity index (χ0) is 12.8. The van der Waals surface area contributed by atoms with E-state index in [9.17, 15) is 4.79 Å². The SMILES string of the molecule is CCNC(=O)c1cc(CNC2CCCCC2)on1. The van der Waals surface area contributed by atoms with Crippen LogP contribution in [0.4, 0.5) is 0 Å². The topological polar surface area (TPSA) is 67.2 Å². The summed E-state index contributed by atoms with van der Waals surface area (Å²) in [4.78, 5) is 11.5. The summed E-state index contributed by atoms with van der Waals surface area (Å²) in [7, 11) is 0. The fourth-order valence-electron chi connectivity index (χ4n) is 2.31. The minimum atomic E-state index is -0.176. The Balaban J connectivity index is 1.80. The number of aromatic nitrogens is 1. The number of nitrogens with zero attached hydrogens (tertiary/aromatic N) is 1. The Labute approximate surface area is 107 Å². The highest BCUT2D eigenvalue weighted by Crippen LogP contribution is 2.17. The smallest absolute Gasteiger partial charge is 0.273 e. The Morgan fingerprint density at radius 2 is 2.22 bits per heavy atom. The van der Waals surface area contributed by atoms with Crippen molar-refractivity contribution in [3.63, 3.8) is 0 Å². The van der Waals surface area contributed by atoms with E-state index < -0.39 is 0 Å². The van der Waals surface area contributed by atoms with Gasteiger partial charge in [0.25, 0.3) is 5.91 Å². The molecule has 1 aromatic rings. The second-order valence-corrected chi connectivity index (χ2v) is 4.75. The first kappa shape index (κ1) is 13.1. The second kappa shape index (κ2) is 6.54. The molecule has 1 amide bonds. The lowest BCUT2D eigenvalue weighted by Gasteiger charge is -2.22. The third-order valence-electron chi connectivity index (χ3n) is 3.30. The monoisotopic (exact) mass is 251 g/mol. The first-order chi connectivity index (χ1) is 8.79. The lowest BCUT2D eigenvalue weighted by atomic mass is 9.95. The molecule has 0 unspecified atom stereocenters. The minimum absolute atomic E-state index is 0.176. The first-order valence-corrected chi connectivity index (χ1v) is 6.76. The number of carbonyl (C=O) groups is 1. The molecule has 1 aliphatic rings. The van der Waals surface area contributed by atoms with Crippen LogP contribution in [0.5, 0.6) is 0 Å². The van der Waals surface area contributed by atoms with Crippen LogP contribution in [0.25, 0.3) is 0 Å². The van der Waals surface area contributed by atoms with Gasteiger partial charge in [0, 0.05) is 18.7 Å². The van der Waals surface area contributed by atoms with Gasteiger partial charge in [0.2, 0.25) is 0 Å². The molecule has 0 aliphatic heterocycles. The molecule has 1 fully saturated rings. The van der Waals surface area contributed by atoms with E-state index >= 15 is 0 Å². The predicted molar refractivity (Wildman–Crippen MR) is 68.2 cm³/mol. The van der Waals surface area contributed by atoms with Crippen molar-refractivity contribution in [3.8, 4) is 0 Å². The molecule has 0 spiro atoms. The number of carbonyl (C=O) groups excluding carboxylic acids is 1. The van der Waals surface area contributed by atoms with E-state index in [1.54, 1.807) is 6.07 Å². The number of amides is 1. The van der Waals surface area contributed by atoms with Crippen LogP contribution >= 0.6 is 0 Å². The molecule has 0 bridgehead atoms. The van der Waals surface area contributed by atoms with Gasteiger partial charge in [0.05, 0.1) is 6.54 Å². The van der Waals surface area contributed by atoms with Crippen LogP contribution in [0, 0.1) is 0 Å². The van der Waals surface area contributed by atoms with E-state index in [0.717, 1.165) is 5.76 Å². The number of hydrogen-bond acceptors (Lipinski definition) is 4. The summed E-state index contributed by atoms with van der Waals surface area (Å²) < 4.78 is 5.15. The molecule has 2 N–H and O–H groups in total. The van der Waals surface area contributed by atoms with Gasteiger partial charge in [-0.15, -0.1) is 0 Å². The maximum Gasteiger partial charge on any atom is 0.273 e. The summed E-state index contributed by atoms with van der Waals surface area (Å²) in [5, 5.41) is 9.93. The van der Waals surface area contributed by atoms with E-state index in [1.165, 1.54) is 32.1 Å². The zero-order valence-electron chi connectivity index (χ0n) is 10.9. The van der Waals surface area contributed by atoms with E-state index in [4.69, 9.17) is 4.52 Å². The maximum atomic E-state index is 11.5. The molecule has 0 saturated heterocycles. The Morgan fingerprint density at radius 3 is 2.94 bits per heavy atom. The Hall–Kier alpha value is -1.36. The van der Waals surface area contributed by atoms with Crippen LogP contribution in [0.3, 0.4) is 0 Å². The highest BCUT2D eigenvalue weighted by atomic mass is 16.5. The molecule has 1 aromatic heterocycles. The van der Waals surface area contributed by atoms with Crippen molar-refractivity contribution in [3.05, 3.63) is 17.5 Å². The molecule has 5 heteroatoms. The van der Waals surface area contributed by atoms with Gasteiger partial charge < -0.3 is 15.2 Å². The molecule has 0 aromatic carbocycles. The van der Waals surface area contributed by atoms with Crippen molar-refractivity contribution in [2.24, 2.45) is 0 Å². The van der Waals surface area contributed by atoms with Crippen LogP contribution in [-0.2, 0) is 6.54 Å². The van der Waals surface area contributed by atoms with Gasteiger partial charge in [-0.25, -0.2) is 0 Å². The normalized spacial score (nSPS) is 16.7. The summed E-state index contributed by atoms with van der Waals surface area (Å²) in [6.45, 7) is 3.13. The van der Waals surface area contributed by atoms with Crippen LogP contribution in [0.15, 0.2) is 10.6 Å². The molecular weight excluding hydrogens is 230 g/mol. The van der Waals surface area contributed by atoms with Gasteiger partial charge in [0.15, 0.2) is 11.5 Å². The van der Waals surface area contributed by atoms with E-state index in [2.05, 4.69) is 15.8 Å². The molecule has 1 heterocycles. The van der Waals surface area contributed by atoms with Gasteiger partial charge in [-0.2, -0.15) is 0 Å². The lowest BCUT2D eigenvalue weighted by Crippen LogP contribution is -2.30. The average Bonchev–Trinajstić information content (AvgIpc) is 2.87. The summed E-state index contributed by atoms with van der Waals surface area (Å²) in [5.41, 5.74) is 0.359. The third-order valence-corrected chi connectivity index (χ3v) is 3.30. The van der Waals surface area contributed by atoms with Crippen molar-refractivity contribution in [2.75, 3.05) is 6.54 Å². The zero-order valence-corrected chi connectivity index (χ0v) is 10.9. The average molecular weight is 251 g/mol. The van der Waals surface area contributed by atoms with Crippen molar-refractivity contribution >= 4 is 5.91 Å². The van der Waals surface area contributed by atoms with E-state index in [0.29, 0.717) is 24.8 Å². The highest BCUT2D eigenvalue weighted by Gasteiger charge is 2.15. The molecule has 18 heavy (non-hydrogen) atoms. The highest BCUT2D eigenvalue weighted by molar-refractivity contribution is 5.92. The summed E-state index contributed by atoms with van der Waals surface area (Å²) in [6, 6.07) is 2.29. The fraction of sp³-hybridized carbons (Fsp3) is 0.692. The van der Waals surface area contributed by atoms with Gasteiger partial charge in [-0.1, -0.05) is 24.4 Å². The van der Waals surface area contributed by atoms with E-state index in [1.807, 2.05) is 6.92 Å². The van der Waals surface area contributed by atoms with Crippen molar-refractivity contribution in [1.82, 2.24) is 15.8 Å². The quantitative estimate of drug-likeness (QED) is 0.838. The van der Waals surface area contributed by atoms with E-state index in [-0.39, 0.29) is 5.91 Å². The predicted octanol–water partition coefficient (Wildman–Crippen LogP) is 1.85. The number of nitrogens with one attached hydrogen (secondary N) is 2. The van der Waals surface area contributed by atoms with Crippen LogP contribution in [-0.4, -0.2) is 23.7 Å². The minimum Gasteiger partial charge on any atom is -0.359 e. The van der Waals surface area contributed by atoms with Gasteiger partial charge in [-0.05, 0) is 19.8 Å². The maximum absolute atomic E-state index is 11.5. The van der Waals surface area contributed by atoms with Gasteiger partial charge in [-0.3, -0.25) is 4.79 Å². The van der Waals surface area contributed by atoms with Gasteiger partial charge >= 0.3 is 0 Å². The number of rotatable bonds is 5. The van der Waals surface area contributed by atoms with Crippen molar-refractivity contribution < 1.29 is 9.32 Å². The summed E-state index contributed by atoms with van der Waals surface area (Å²) in [5.74, 6) is 0.548. The summed E-state index contributed by atoms with van der Waals surface area (Å²) in [6.07, 6.45) is 6.42. The Morgan fingerprint density at radius 1 is 1.44 bits per heavy atom. The molecule has 0 atom stereocenters. The largest absolute Gasteiger partial charge is 0.359 e. The second-order valence-electron chi connectivity index (χ2n) is 4.75. The Kier molecular flexibility index (Phi) is 4.75. The van der Waals surface area contributed by atoms with Gasteiger partial charge in [0.1, 0.15) is 0 Å². The first-order valence-electron chi connectivity index (χ1n) is 6.76. The molecule has 0 radical (unpaired) electrons. The Bertz CT molecular complexity index is 383. The molecule has 100 valence electrons. The standard InChI is InChI=1S/C13H21N3O2/c1-2-14-13(17)12-8-11(18-16-12)9-15-10-6-4-3-5-7-10/h8,10,15H,2-7,9H2,1H3,(H,14,17). The molecule has 1 aliphatic carbocycles. The van der Waals surface area contributed by atoms with Crippen molar-refractivity contribution in [2.45, 2.75) is 51.6 Å². The third kappa shape index (κ3) is 3.57. The number of hydrogen-bond donors (Lipinski definition) is 2. The molecule has 2 rings (SSSR count). The summed E-state index contributed by atoms with van der Waals surface area (Å²) >= 11 is 0.